The Morgan fingerprint density at radius 2 is 1.96 bits per heavy atom. The first-order valence-electron chi connectivity index (χ1n) is 9.46. The van der Waals surface area contributed by atoms with E-state index >= 15 is 0 Å². The van der Waals surface area contributed by atoms with Gasteiger partial charge in [0.25, 0.3) is 0 Å². The lowest BCUT2D eigenvalue weighted by atomic mass is 10.1. The molecule has 27 heavy (non-hydrogen) atoms. The highest BCUT2D eigenvalue weighted by Crippen LogP contribution is 2.29. The molecule has 1 atom stereocenters. The highest BCUT2D eigenvalue weighted by molar-refractivity contribution is 7.91. The maximum atomic E-state index is 12.4. The molecule has 2 rings (SSSR count). The van der Waals surface area contributed by atoms with Crippen LogP contribution in [0.4, 0.5) is 0 Å². The van der Waals surface area contributed by atoms with Crippen LogP contribution in [0.1, 0.15) is 50.9 Å². The first-order chi connectivity index (χ1) is 12.9. The van der Waals surface area contributed by atoms with Gasteiger partial charge >= 0.3 is 0 Å². The van der Waals surface area contributed by atoms with Crippen LogP contribution < -0.4 is 4.74 Å². The van der Waals surface area contributed by atoms with E-state index in [0.29, 0.717) is 13.1 Å². The minimum Gasteiger partial charge on any atom is -0.496 e. The van der Waals surface area contributed by atoms with Crippen LogP contribution in [-0.2, 0) is 22.9 Å². The summed E-state index contributed by atoms with van der Waals surface area (Å²) in [7, 11) is 0.360. The fourth-order valence-electron chi connectivity index (χ4n) is 3.09. The summed E-state index contributed by atoms with van der Waals surface area (Å²) in [6.07, 6.45) is 3.61. The van der Waals surface area contributed by atoms with Crippen molar-refractivity contribution < 1.29 is 13.2 Å². The zero-order chi connectivity index (χ0) is 20.0. The number of hydrogen-bond acceptors (Lipinski definition) is 5. The second kappa shape index (κ2) is 9.37. The Bertz CT molecular complexity index is 846. The van der Waals surface area contributed by atoms with E-state index in [2.05, 4.69) is 29.8 Å². The van der Waals surface area contributed by atoms with E-state index in [-0.39, 0.29) is 17.0 Å². The second-order valence-corrected chi connectivity index (χ2v) is 8.95. The lowest BCUT2D eigenvalue weighted by Crippen LogP contribution is -2.24. The van der Waals surface area contributed by atoms with Gasteiger partial charge in [0.05, 0.1) is 24.8 Å². The predicted molar refractivity (Wildman–Crippen MR) is 108 cm³/mol. The van der Waals surface area contributed by atoms with Crippen LogP contribution in [0.15, 0.2) is 35.6 Å². The predicted octanol–water partition coefficient (Wildman–Crippen LogP) is 3.68. The molecule has 0 aliphatic rings. The number of nitrogens with zero attached hydrogens (tertiary/aromatic N) is 3. The molecule has 0 aliphatic heterocycles. The number of para-hydroxylation sites is 1. The maximum Gasteiger partial charge on any atom is 0.227 e. The summed E-state index contributed by atoms with van der Waals surface area (Å²) in [5.41, 5.74) is 2.02. The Balaban J connectivity index is 2.30. The first-order valence-corrected chi connectivity index (χ1v) is 11.1. The Labute approximate surface area is 163 Å². The van der Waals surface area contributed by atoms with Gasteiger partial charge in [0.2, 0.25) is 15.0 Å². The van der Waals surface area contributed by atoms with Crippen LogP contribution in [0.25, 0.3) is 0 Å². The van der Waals surface area contributed by atoms with Crippen LogP contribution in [0.3, 0.4) is 0 Å². The van der Waals surface area contributed by atoms with Crippen molar-refractivity contribution in [3.63, 3.8) is 0 Å². The number of ether oxygens (including phenoxy) is 1. The monoisotopic (exact) mass is 393 g/mol. The fraction of sp³-hybridized carbons (Fsp3) is 0.550. The van der Waals surface area contributed by atoms with Gasteiger partial charge < -0.3 is 9.30 Å². The van der Waals surface area contributed by atoms with Gasteiger partial charge in [-0.3, -0.25) is 4.90 Å². The molecular weight excluding hydrogens is 362 g/mol. The molecule has 0 N–H and O–H groups in total. The molecule has 1 unspecified atom stereocenters. The van der Waals surface area contributed by atoms with E-state index in [1.165, 1.54) is 0 Å². The second-order valence-electron chi connectivity index (χ2n) is 6.77. The molecular formula is C20H31N3O3S. The van der Waals surface area contributed by atoms with Crippen LogP contribution in [0.2, 0.25) is 0 Å². The molecule has 6 nitrogen and oxygen atoms in total. The van der Waals surface area contributed by atoms with Gasteiger partial charge in [0.1, 0.15) is 5.75 Å². The van der Waals surface area contributed by atoms with Gasteiger partial charge in [-0.05, 0) is 26.5 Å². The van der Waals surface area contributed by atoms with Crippen LogP contribution in [0, 0.1) is 0 Å². The Hall–Kier alpha value is -1.86. The third kappa shape index (κ3) is 4.90. The summed E-state index contributed by atoms with van der Waals surface area (Å²) in [6.45, 7) is 7.14. The minimum atomic E-state index is -3.34. The highest BCUT2D eigenvalue weighted by Gasteiger charge is 2.23. The summed E-state index contributed by atoms with van der Waals surface area (Å²) in [4.78, 5) is 6.43. The molecule has 0 saturated carbocycles. The van der Waals surface area contributed by atoms with Gasteiger partial charge in [-0.2, -0.15) is 0 Å². The molecule has 0 radical (unpaired) electrons. The van der Waals surface area contributed by atoms with Crippen LogP contribution in [0.5, 0.6) is 5.75 Å². The molecule has 150 valence electrons. The Morgan fingerprint density at radius 3 is 2.59 bits per heavy atom. The molecule has 0 amide bonds. The molecule has 1 aromatic carbocycles. The van der Waals surface area contributed by atoms with Gasteiger partial charge in [-0.1, -0.05) is 38.5 Å². The molecule has 0 saturated heterocycles. The molecule has 0 bridgehead atoms. The van der Waals surface area contributed by atoms with Crippen molar-refractivity contribution in [3.8, 4) is 5.75 Å². The van der Waals surface area contributed by atoms with E-state index in [1.54, 1.807) is 20.2 Å². The summed E-state index contributed by atoms with van der Waals surface area (Å²) >= 11 is 0. The number of benzene rings is 1. The fourth-order valence-corrected chi connectivity index (χ4v) is 4.11. The van der Waals surface area contributed by atoms with Crippen molar-refractivity contribution >= 4 is 9.84 Å². The maximum absolute atomic E-state index is 12.4. The van der Waals surface area contributed by atoms with Gasteiger partial charge in [0.15, 0.2) is 0 Å². The van der Waals surface area contributed by atoms with Crippen molar-refractivity contribution in [2.75, 3.05) is 19.9 Å². The lowest BCUT2D eigenvalue weighted by Gasteiger charge is -2.26. The summed E-state index contributed by atoms with van der Waals surface area (Å²) in [6, 6.07) is 8.08. The average Bonchev–Trinajstić information content (AvgIpc) is 3.08. The number of imidazole rings is 1. The normalized spacial score (nSPS) is 13.1. The molecule has 1 aromatic heterocycles. The van der Waals surface area contributed by atoms with E-state index in [9.17, 15) is 8.42 Å². The zero-order valence-electron chi connectivity index (χ0n) is 17.0. The van der Waals surface area contributed by atoms with E-state index in [0.717, 1.165) is 29.8 Å². The van der Waals surface area contributed by atoms with Gasteiger partial charge in [0, 0.05) is 24.7 Å². The van der Waals surface area contributed by atoms with Crippen LogP contribution in [-0.4, -0.2) is 42.8 Å². The van der Waals surface area contributed by atoms with E-state index in [4.69, 9.17) is 4.74 Å². The van der Waals surface area contributed by atoms with Crippen molar-refractivity contribution in [1.29, 1.82) is 0 Å². The van der Waals surface area contributed by atoms with E-state index < -0.39 is 9.84 Å². The number of methoxy groups -OCH3 is 1. The quantitative estimate of drug-likeness (QED) is 0.616. The molecule has 1 heterocycles. The highest BCUT2D eigenvalue weighted by atomic mass is 32.2. The summed E-state index contributed by atoms with van der Waals surface area (Å²) in [5, 5.41) is 0.187. The summed E-state index contributed by atoms with van der Waals surface area (Å²) < 4.78 is 32.2. The van der Waals surface area contributed by atoms with Gasteiger partial charge in [-0.15, -0.1) is 0 Å². The molecule has 0 fully saturated rings. The number of aromatic nitrogens is 2. The van der Waals surface area contributed by atoms with Gasteiger partial charge in [-0.25, -0.2) is 13.4 Å². The van der Waals surface area contributed by atoms with Crippen LogP contribution >= 0.6 is 0 Å². The van der Waals surface area contributed by atoms with Crippen molar-refractivity contribution in [2.45, 2.75) is 57.9 Å². The molecule has 0 aliphatic carbocycles. The van der Waals surface area contributed by atoms with Crippen molar-refractivity contribution in [2.24, 2.45) is 0 Å². The summed E-state index contributed by atoms with van der Waals surface area (Å²) in [5.74, 6) is 0.911. The standard InChI is InChI=1S/C20H31N3O3S/c1-6-8-13-23-17(14-21-20(23)27(24,25)7-2)15-22(4)16(3)18-11-9-10-12-19(18)26-5/h9-12,14,16H,6-8,13,15H2,1-5H3. The van der Waals surface area contributed by atoms with E-state index in [1.807, 2.05) is 29.8 Å². The van der Waals surface area contributed by atoms with Crippen molar-refractivity contribution in [3.05, 3.63) is 41.7 Å². The largest absolute Gasteiger partial charge is 0.496 e. The number of sulfone groups is 1. The van der Waals surface area contributed by atoms with Crippen molar-refractivity contribution in [1.82, 2.24) is 14.5 Å². The average molecular weight is 394 g/mol. The number of hydrogen-bond donors (Lipinski definition) is 0. The SMILES string of the molecule is CCCCn1c(CN(C)C(C)c2ccccc2OC)cnc1S(=O)(=O)CC. The number of unbranched alkanes of at least 4 members (excludes halogenated alkanes) is 1. The molecule has 2 aromatic rings. The minimum absolute atomic E-state index is 0.0586. The third-order valence-corrected chi connectivity index (χ3v) is 6.60. The topological polar surface area (TPSA) is 64.4 Å². The third-order valence-electron chi connectivity index (χ3n) is 4.96. The zero-order valence-corrected chi connectivity index (χ0v) is 17.8. The Kier molecular flexibility index (Phi) is 7.44. The smallest absolute Gasteiger partial charge is 0.227 e. The molecule has 0 spiro atoms. The molecule has 7 heteroatoms. The number of rotatable bonds is 10. The Morgan fingerprint density at radius 1 is 1.26 bits per heavy atom. The lowest BCUT2D eigenvalue weighted by molar-refractivity contribution is 0.240. The first kappa shape index (κ1) is 21.4.